The van der Waals surface area contributed by atoms with Gasteiger partial charge in [-0.15, -0.1) is 0 Å². The summed E-state index contributed by atoms with van der Waals surface area (Å²) >= 11 is 6.34. The van der Waals surface area contributed by atoms with Crippen molar-refractivity contribution in [3.05, 3.63) is 34.9 Å². The minimum absolute atomic E-state index is 0.108. The second-order valence-corrected chi connectivity index (χ2v) is 6.24. The number of nitrogens with zero attached hydrogens (tertiary/aromatic N) is 1. The Kier molecular flexibility index (Phi) is 7.15. The van der Waals surface area contributed by atoms with Gasteiger partial charge >= 0.3 is 0 Å². The van der Waals surface area contributed by atoms with Gasteiger partial charge in [-0.1, -0.05) is 50.6 Å². The zero-order valence-electron chi connectivity index (χ0n) is 13.1. The van der Waals surface area contributed by atoms with E-state index in [1.807, 2.05) is 36.1 Å². The highest BCUT2D eigenvalue weighted by Gasteiger charge is 2.28. The second-order valence-electron chi connectivity index (χ2n) is 5.83. The van der Waals surface area contributed by atoms with Gasteiger partial charge in [0.2, 0.25) is 5.91 Å². The van der Waals surface area contributed by atoms with E-state index in [1.54, 1.807) is 0 Å². The molecule has 4 N–H and O–H groups in total. The van der Waals surface area contributed by atoms with Gasteiger partial charge in [0, 0.05) is 17.6 Å². The first-order valence-corrected chi connectivity index (χ1v) is 7.76. The highest BCUT2D eigenvalue weighted by molar-refractivity contribution is 6.31. The fourth-order valence-electron chi connectivity index (χ4n) is 2.58. The van der Waals surface area contributed by atoms with Gasteiger partial charge in [-0.3, -0.25) is 9.69 Å². The SMILES string of the molecule is CCC(N)C(c1ccccc1Cl)N(CC(N)=O)CC(C)C. The lowest BCUT2D eigenvalue weighted by atomic mass is 9.95. The first-order valence-electron chi connectivity index (χ1n) is 7.39. The number of carbonyl (C=O) groups excluding carboxylic acids is 1. The topological polar surface area (TPSA) is 72.3 Å². The van der Waals surface area contributed by atoms with Crippen LogP contribution in [0.4, 0.5) is 0 Å². The third-order valence-electron chi connectivity index (χ3n) is 3.45. The summed E-state index contributed by atoms with van der Waals surface area (Å²) in [5.41, 5.74) is 12.7. The van der Waals surface area contributed by atoms with Gasteiger partial charge < -0.3 is 11.5 Å². The molecule has 0 heterocycles. The summed E-state index contributed by atoms with van der Waals surface area (Å²) in [7, 11) is 0. The highest BCUT2D eigenvalue weighted by atomic mass is 35.5. The summed E-state index contributed by atoms with van der Waals surface area (Å²) in [5, 5.41) is 0.671. The van der Waals surface area contributed by atoms with Crippen LogP contribution in [-0.4, -0.2) is 29.9 Å². The van der Waals surface area contributed by atoms with E-state index >= 15 is 0 Å². The maximum atomic E-state index is 11.4. The van der Waals surface area contributed by atoms with Crippen LogP contribution in [0.15, 0.2) is 24.3 Å². The second kappa shape index (κ2) is 8.37. The molecule has 1 rings (SSSR count). The molecule has 0 bridgehead atoms. The minimum atomic E-state index is -0.351. The normalized spacial score (nSPS) is 14.4. The van der Waals surface area contributed by atoms with Gasteiger partial charge in [0.15, 0.2) is 0 Å². The van der Waals surface area contributed by atoms with Crippen LogP contribution < -0.4 is 11.5 Å². The Morgan fingerprint density at radius 3 is 2.43 bits per heavy atom. The fourth-order valence-corrected chi connectivity index (χ4v) is 2.83. The van der Waals surface area contributed by atoms with E-state index in [4.69, 9.17) is 23.1 Å². The number of amides is 1. The Labute approximate surface area is 132 Å². The first kappa shape index (κ1) is 18.0. The van der Waals surface area contributed by atoms with Crippen LogP contribution in [0, 0.1) is 5.92 Å². The number of hydrogen-bond donors (Lipinski definition) is 2. The molecule has 2 unspecified atom stereocenters. The van der Waals surface area contributed by atoms with E-state index in [0.29, 0.717) is 10.9 Å². The molecule has 4 nitrogen and oxygen atoms in total. The summed E-state index contributed by atoms with van der Waals surface area (Å²) < 4.78 is 0. The number of carbonyl (C=O) groups is 1. The smallest absolute Gasteiger partial charge is 0.231 e. The van der Waals surface area contributed by atoms with Crippen LogP contribution in [-0.2, 0) is 4.79 Å². The molecule has 1 amide bonds. The lowest BCUT2D eigenvalue weighted by Crippen LogP contribution is -2.46. The van der Waals surface area contributed by atoms with E-state index in [-0.39, 0.29) is 24.5 Å². The van der Waals surface area contributed by atoms with Crippen molar-refractivity contribution in [2.75, 3.05) is 13.1 Å². The monoisotopic (exact) mass is 311 g/mol. The Morgan fingerprint density at radius 1 is 1.33 bits per heavy atom. The lowest BCUT2D eigenvalue weighted by molar-refractivity contribution is -0.120. The van der Waals surface area contributed by atoms with E-state index in [9.17, 15) is 4.79 Å². The highest BCUT2D eigenvalue weighted by Crippen LogP contribution is 2.31. The van der Waals surface area contributed by atoms with Crippen molar-refractivity contribution in [3.63, 3.8) is 0 Å². The van der Waals surface area contributed by atoms with Crippen LogP contribution in [0.3, 0.4) is 0 Å². The third-order valence-corrected chi connectivity index (χ3v) is 3.80. The number of hydrogen-bond acceptors (Lipinski definition) is 3. The molecule has 0 aliphatic heterocycles. The molecule has 0 aliphatic rings. The van der Waals surface area contributed by atoms with Crippen LogP contribution in [0.2, 0.25) is 5.02 Å². The van der Waals surface area contributed by atoms with Crippen molar-refractivity contribution < 1.29 is 4.79 Å². The molecule has 0 aromatic heterocycles. The van der Waals surface area contributed by atoms with E-state index in [1.165, 1.54) is 0 Å². The molecule has 1 aromatic rings. The maximum Gasteiger partial charge on any atom is 0.231 e. The van der Waals surface area contributed by atoms with Crippen molar-refractivity contribution in [1.82, 2.24) is 4.90 Å². The molecule has 118 valence electrons. The average molecular weight is 312 g/mol. The van der Waals surface area contributed by atoms with Gasteiger partial charge in [0.05, 0.1) is 12.6 Å². The van der Waals surface area contributed by atoms with Crippen LogP contribution in [0.1, 0.15) is 38.8 Å². The van der Waals surface area contributed by atoms with Crippen molar-refractivity contribution in [2.24, 2.45) is 17.4 Å². The predicted molar refractivity (Wildman–Crippen MR) is 88.1 cm³/mol. The summed E-state index contributed by atoms with van der Waals surface area (Å²) in [6.07, 6.45) is 0.795. The Morgan fingerprint density at radius 2 is 1.95 bits per heavy atom. The van der Waals surface area contributed by atoms with Gasteiger partial charge in [-0.05, 0) is 24.0 Å². The molecular weight excluding hydrogens is 286 g/mol. The van der Waals surface area contributed by atoms with Gasteiger partial charge in [-0.2, -0.15) is 0 Å². The van der Waals surface area contributed by atoms with Gasteiger partial charge in [-0.25, -0.2) is 0 Å². The molecule has 0 saturated heterocycles. The van der Waals surface area contributed by atoms with E-state index in [2.05, 4.69) is 13.8 Å². The fraction of sp³-hybridized carbons (Fsp3) is 0.562. The zero-order chi connectivity index (χ0) is 16.0. The number of nitrogens with two attached hydrogens (primary N) is 2. The van der Waals surface area contributed by atoms with Crippen molar-refractivity contribution in [2.45, 2.75) is 39.3 Å². The Hall–Kier alpha value is -1.10. The zero-order valence-corrected chi connectivity index (χ0v) is 13.8. The van der Waals surface area contributed by atoms with Crippen LogP contribution in [0.5, 0.6) is 0 Å². The van der Waals surface area contributed by atoms with Gasteiger partial charge in [0.25, 0.3) is 0 Å². The molecule has 21 heavy (non-hydrogen) atoms. The molecule has 0 aliphatic carbocycles. The largest absolute Gasteiger partial charge is 0.369 e. The van der Waals surface area contributed by atoms with Crippen LogP contribution in [0.25, 0.3) is 0 Å². The predicted octanol–water partition coefficient (Wildman–Crippen LogP) is 2.56. The van der Waals surface area contributed by atoms with E-state index < -0.39 is 0 Å². The minimum Gasteiger partial charge on any atom is -0.369 e. The molecule has 5 heteroatoms. The van der Waals surface area contributed by atoms with Gasteiger partial charge in [0.1, 0.15) is 0 Å². The van der Waals surface area contributed by atoms with E-state index in [0.717, 1.165) is 18.5 Å². The summed E-state index contributed by atoms with van der Waals surface area (Å²) in [5.74, 6) is 0.0504. The number of rotatable bonds is 8. The first-order chi connectivity index (χ1) is 9.86. The third kappa shape index (κ3) is 5.30. The number of primary amides is 1. The lowest BCUT2D eigenvalue weighted by Gasteiger charge is -2.36. The quantitative estimate of drug-likeness (QED) is 0.775. The molecule has 0 spiro atoms. The van der Waals surface area contributed by atoms with Crippen molar-refractivity contribution >= 4 is 17.5 Å². The van der Waals surface area contributed by atoms with Crippen molar-refractivity contribution in [3.8, 4) is 0 Å². The summed E-state index contributed by atoms with van der Waals surface area (Å²) in [6, 6.07) is 7.43. The molecular formula is C16H26ClN3O. The molecule has 0 fully saturated rings. The Balaban J connectivity index is 3.19. The summed E-state index contributed by atoms with van der Waals surface area (Å²) in [4.78, 5) is 13.5. The van der Waals surface area contributed by atoms with Crippen LogP contribution >= 0.6 is 11.6 Å². The molecule has 1 aromatic carbocycles. The molecule has 2 atom stereocenters. The number of benzene rings is 1. The van der Waals surface area contributed by atoms with Crippen molar-refractivity contribution in [1.29, 1.82) is 0 Å². The maximum absolute atomic E-state index is 11.4. The average Bonchev–Trinajstić information content (AvgIpc) is 2.39. The number of halogens is 1. The molecule has 0 radical (unpaired) electrons. The summed E-state index contributed by atoms with van der Waals surface area (Å²) in [6.45, 7) is 7.17. The Bertz CT molecular complexity index is 465. The molecule has 0 saturated carbocycles. The standard InChI is InChI=1S/C16H26ClN3O/c1-4-14(18)16(12-7-5-6-8-13(12)17)20(9-11(2)3)10-15(19)21/h5-8,11,14,16H,4,9-10,18H2,1-3H3,(H2,19,21).